The molecule has 1 N–H and O–H groups in total. The largest absolute Gasteiger partial charge is 0.322 e. The molecule has 0 spiro atoms. The highest BCUT2D eigenvalue weighted by Crippen LogP contribution is 2.17. The minimum Gasteiger partial charge on any atom is -0.322 e. The van der Waals surface area contributed by atoms with Crippen molar-refractivity contribution in [2.45, 2.75) is 4.90 Å². The summed E-state index contributed by atoms with van der Waals surface area (Å²) in [4.78, 5) is 16.7. The molecule has 3 aromatic rings. The van der Waals surface area contributed by atoms with Crippen molar-refractivity contribution in [1.29, 1.82) is 0 Å². The lowest BCUT2D eigenvalue weighted by Crippen LogP contribution is -2.35. The highest BCUT2D eigenvalue weighted by atomic mass is 32.2. The van der Waals surface area contributed by atoms with Crippen LogP contribution in [0.4, 0.5) is 5.69 Å². The molecule has 0 aliphatic carbocycles. The number of likely N-dealkylation sites (N-methyl/N-ethyl adjacent to an activating group) is 1. The minimum absolute atomic E-state index is 0.133. The van der Waals surface area contributed by atoms with E-state index in [0.29, 0.717) is 11.5 Å². The maximum atomic E-state index is 12.5. The van der Waals surface area contributed by atoms with Crippen LogP contribution in [0.1, 0.15) is 0 Å². The monoisotopic (exact) mass is 371 g/mol. The number of nitrogens with one attached hydrogen (secondary N) is 1. The van der Waals surface area contributed by atoms with Gasteiger partial charge in [0, 0.05) is 25.6 Å². The lowest BCUT2D eigenvalue weighted by Gasteiger charge is -2.17. The van der Waals surface area contributed by atoms with Crippen LogP contribution in [0.15, 0.2) is 72.0 Å². The summed E-state index contributed by atoms with van der Waals surface area (Å²) < 4.78 is 27.5. The zero-order valence-corrected chi connectivity index (χ0v) is 14.8. The third-order valence-electron chi connectivity index (χ3n) is 3.60. The molecule has 0 saturated heterocycles. The van der Waals surface area contributed by atoms with Crippen molar-refractivity contribution in [3.8, 4) is 5.82 Å². The van der Waals surface area contributed by atoms with Crippen molar-refractivity contribution in [3.63, 3.8) is 0 Å². The Balaban J connectivity index is 1.74. The number of anilines is 1. The molecule has 0 fully saturated rings. The fraction of sp³-hybridized carbons (Fsp3) is 0.118. The van der Waals surface area contributed by atoms with Crippen LogP contribution in [0, 0.1) is 0 Å². The Hall–Kier alpha value is -3.04. The third-order valence-corrected chi connectivity index (χ3v) is 5.42. The zero-order chi connectivity index (χ0) is 18.6. The van der Waals surface area contributed by atoms with Gasteiger partial charge in [0.1, 0.15) is 0 Å². The van der Waals surface area contributed by atoms with E-state index in [9.17, 15) is 13.2 Å². The Bertz CT molecular complexity index is 988. The Morgan fingerprint density at radius 3 is 2.58 bits per heavy atom. The molecule has 26 heavy (non-hydrogen) atoms. The molecule has 0 aliphatic rings. The molecule has 2 heterocycles. The Labute approximate surface area is 151 Å². The number of nitrogens with zero attached hydrogens (tertiary/aromatic N) is 4. The molecule has 8 nitrogen and oxygen atoms in total. The highest BCUT2D eigenvalue weighted by Gasteiger charge is 2.23. The summed E-state index contributed by atoms with van der Waals surface area (Å²) in [5.41, 5.74) is 0.437. The molecule has 3 rings (SSSR count). The summed E-state index contributed by atoms with van der Waals surface area (Å²) in [5, 5.41) is 6.78. The van der Waals surface area contributed by atoms with Crippen molar-refractivity contribution >= 4 is 21.6 Å². The molecule has 134 valence electrons. The van der Waals surface area contributed by atoms with E-state index in [4.69, 9.17) is 0 Å². The molecule has 0 atom stereocenters. The summed E-state index contributed by atoms with van der Waals surface area (Å²) in [7, 11) is -2.38. The second-order valence-electron chi connectivity index (χ2n) is 5.45. The van der Waals surface area contributed by atoms with Gasteiger partial charge in [-0.1, -0.05) is 18.2 Å². The molecule has 1 aromatic carbocycles. The smallest absolute Gasteiger partial charge is 0.243 e. The molecule has 0 saturated carbocycles. The van der Waals surface area contributed by atoms with Gasteiger partial charge in [-0.2, -0.15) is 9.40 Å². The first-order chi connectivity index (χ1) is 12.5. The SMILES string of the molecule is CN(CC(=O)Nc1cccnc1-n1cccn1)S(=O)(=O)c1ccccc1. The van der Waals surface area contributed by atoms with Gasteiger partial charge in [-0.3, -0.25) is 4.79 Å². The number of hydrogen-bond acceptors (Lipinski definition) is 5. The van der Waals surface area contributed by atoms with Gasteiger partial charge in [0.25, 0.3) is 0 Å². The maximum absolute atomic E-state index is 12.5. The van der Waals surface area contributed by atoms with Crippen LogP contribution in [0.25, 0.3) is 5.82 Å². The summed E-state index contributed by atoms with van der Waals surface area (Å²) in [6.45, 7) is -0.329. The number of carbonyl (C=O) groups is 1. The normalized spacial score (nSPS) is 11.5. The predicted octanol–water partition coefficient (Wildman–Crippen LogP) is 1.53. The Kier molecular flexibility index (Phi) is 5.10. The number of pyridine rings is 1. The zero-order valence-electron chi connectivity index (χ0n) is 14.0. The topological polar surface area (TPSA) is 97.2 Å². The fourth-order valence-corrected chi connectivity index (χ4v) is 3.47. The number of hydrogen-bond donors (Lipinski definition) is 1. The van der Waals surface area contributed by atoms with Crippen LogP contribution >= 0.6 is 0 Å². The van der Waals surface area contributed by atoms with Gasteiger partial charge in [0.2, 0.25) is 15.9 Å². The lowest BCUT2D eigenvalue weighted by atomic mass is 10.3. The Morgan fingerprint density at radius 2 is 1.88 bits per heavy atom. The molecule has 2 aromatic heterocycles. The Morgan fingerprint density at radius 1 is 1.12 bits per heavy atom. The molecule has 1 amide bonds. The van der Waals surface area contributed by atoms with Crippen molar-refractivity contribution < 1.29 is 13.2 Å². The number of rotatable bonds is 6. The van der Waals surface area contributed by atoms with Gasteiger partial charge in [0.15, 0.2) is 5.82 Å². The molecular weight excluding hydrogens is 354 g/mol. The van der Waals surface area contributed by atoms with Crippen LogP contribution in [-0.2, 0) is 14.8 Å². The van der Waals surface area contributed by atoms with Crippen molar-refractivity contribution in [3.05, 3.63) is 67.1 Å². The van der Waals surface area contributed by atoms with Gasteiger partial charge >= 0.3 is 0 Å². The number of benzene rings is 1. The van der Waals surface area contributed by atoms with E-state index in [1.54, 1.807) is 55.0 Å². The fourth-order valence-electron chi connectivity index (χ4n) is 2.32. The van der Waals surface area contributed by atoms with Crippen molar-refractivity contribution in [2.75, 3.05) is 18.9 Å². The van der Waals surface area contributed by atoms with E-state index in [1.165, 1.54) is 23.9 Å². The molecule has 0 unspecified atom stereocenters. The van der Waals surface area contributed by atoms with E-state index in [-0.39, 0.29) is 11.4 Å². The summed E-state index contributed by atoms with van der Waals surface area (Å²) >= 11 is 0. The molecule has 0 bridgehead atoms. The van der Waals surface area contributed by atoms with E-state index < -0.39 is 15.9 Å². The number of sulfonamides is 1. The summed E-state index contributed by atoms with van der Waals surface area (Å²) in [5.74, 6) is -0.0344. The van der Waals surface area contributed by atoms with Gasteiger partial charge in [-0.05, 0) is 30.3 Å². The number of aromatic nitrogens is 3. The van der Waals surface area contributed by atoms with E-state index in [0.717, 1.165) is 4.31 Å². The highest BCUT2D eigenvalue weighted by molar-refractivity contribution is 7.89. The lowest BCUT2D eigenvalue weighted by molar-refractivity contribution is -0.116. The first-order valence-corrected chi connectivity index (χ1v) is 9.19. The van der Waals surface area contributed by atoms with Gasteiger partial charge in [0.05, 0.1) is 17.1 Å². The van der Waals surface area contributed by atoms with Crippen LogP contribution in [0.2, 0.25) is 0 Å². The number of amides is 1. The molecule has 0 aliphatic heterocycles. The van der Waals surface area contributed by atoms with Gasteiger partial charge in [-0.15, -0.1) is 0 Å². The first kappa shape index (κ1) is 17.8. The second kappa shape index (κ2) is 7.46. The minimum atomic E-state index is -3.74. The van der Waals surface area contributed by atoms with Gasteiger partial charge in [-0.25, -0.2) is 18.1 Å². The summed E-state index contributed by atoms with van der Waals surface area (Å²) in [6.07, 6.45) is 4.88. The van der Waals surface area contributed by atoms with Gasteiger partial charge < -0.3 is 5.32 Å². The average molecular weight is 371 g/mol. The molecule has 0 radical (unpaired) electrons. The maximum Gasteiger partial charge on any atom is 0.243 e. The summed E-state index contributed by atoms with van der Waals surface area (Å²) in [6, 6.07) is 13.0. The predicted molar refractivity (Wildman–Crippen MR) is 96.2 cm³/mol. The van der Waals surface area contributed by atoms with Crippen LogP contribution < -0.4 is 5.32 Å². The first-order valence-electron chi connectivity index (χ1n) is 7.75. The van der Waals surface area contributed by atoms with E-state index in [1.807, 2.05) is 0 Å². The van der Waals surface area contributed by atoms with Crippen LogP contribution in [-0.4, -0.2) is 47.0 Å². The quantitative estimate of drug-likeness (QED) is 0.709. The van der Waals surface area contributed by atoms with Crippen molar-refractivity contribution in [2.24, 2.45) is 0 Å². The van der Waals surface area contributed by atoms with E-state index in [2.05, 4.69) is 15.4 Å². The number of carbonyl (C=O) groups excluding carboxylic acids is 1. The van der Waals surface area contributed by atoms with Crippen LogP contribution in [0.3, 0.4) is 0 Å². The van der Waals surface area contributed by atoms with Crippen molar-refractivity contribution in [1.82, 2.24) is 19.1 Å². The standard InChI is InChI=1S/C17H17N5O3S/c1-21(26(24,25)14-7-3-2-4-8-14)13-16(23)20-15-9-5-10-18-17(15)22-12-6-11-19-22/h2-12H,13H2,1H3,(H,20,23). The molecular formula is C17H17N5O3S. The molecule has 9 heteroatoms. The second-order valence-corrected chi connectivity index (χ2v) is 7.49. The average Bonchev–Trinajstić information content (AvgIpc) is 3.17. The van der Waals surface area contributed by atoms with Crippen LogP contribution in [0.5, 0.6) is 0 Å². The third kappa shape index (κ3) is 3.79. The van der Waals surface area contributed by atoms with E-state index >= 15 is 0 Å².